The number of ether oxygens (including phenoxy) is 1. The molecule has 1 atom stereocenters. The molecule has 0 bridgehead atoms. The molecular weight excluding hydrogens is 322 g/mol. The van der Waals surface area contributed by atoms with Gasteiger partial charge in [0.05, 0.1) is 12.3 Å². The van der Waals surface area contributed by atoms with Crippen LogP contribution in [0.5, 0.6) is 0 Å². The van der Waals surface area contributed by atoms with Gasteiger partial charge in [-0.15, -0.1) is 5.10 Å². The van der Waals surface area contributed by atoms with Crippen LogP contribution in [0.1, 0.15) is 31.9 Å². The molecule has 130 valence electrons. The van der Waals surface area contributed by atoms with Crippen molar-refractivity contribution in [3.05, 3.63) is 46.5 Å². The molecule has 0 aliphatic heterocycles. The summed E-state index contributed by atoms with van der Waals surface area (Å²) in [6.45, 7) is 5.77. The lowest BCUT2D eigenvalue weighted by atomic mass is 10.2. The van der Waals surface area contributed by atoms with Gasteiger partial charge >= 0.3 is 5.97 Å². The molecule has 0 amide bonds. The van der Waals surface area contributed by atoms with Crippen molar-refractivity contribution in [1.29, 1.82) is 0 Å². The minimum atomic E-state index is -0.728. The predicted octanol–water partition coefficient (Wildman–Crippen LogP) is 1.80. The smallest absolute Gasteiger partial charge is 0.329 e. The molecule has 1 aromatic carbocycles. The molecule has 25 heavy (non-hydrogen) atoms. The van der Waals surface area contributed by atoms with Crippen LogP contribution in [0.15, 0.2) is 35.4 Å². The van der Waals surface area contributed by atoms with Crippen LogP contribution in [0.25, 0.3) is 16.9 Å². The third-order valence-electron chi connectivity index (χ3n) is 3.95. The van der Waals surface area contributed by atoms with Crippen molar-refractivity contribution in [2.24, 2.45) is 0 Å². The molecular formula is C17H19N5O3. The molecule has 0 aliphatic rings. The second-order valence-electron chi connectivity index (χ2n) is 5.64. The van der Waals surface area contributed by atoms with Gasteiger partial charge in [0.2, 0.25) is 0 Å². The molecule has 0 aliphatic carbocycles. The second kappa shape index (κ2) is 6.84. The fraction of sp³-hybridized carbons (Fsp3) is 0.353. The van der Waals surface area contributed by atoms with E-state index in [9.17, 15) is 9.59 Å². The molecule has 8 nitrogen and oxygen atoms in total. The molecule has 0 saturated heterocycles. The van der Waals surface area contributed by atoms with Gasteiger partial charge in [0, 0.05) is 0 Å². The zero-order valence-corrected chi connectivity index (χ0v) is 14.3. The Kier molecular flexibility index (Phi) is 4.60. The first-order valence-corrected chi connectivity index (χ1v) is 8.13. The second-order valence-corrected chi connectivity index (χ2v) is 5.64. The van der Waals surface area contributed by atoms with Crippen molar-refractivity contribution in [3.63, 3.8) is 0 Å². The first kappa shape index (κ1) is 16.8. The Morgan fingerprint density at radius 2 is 1.96 bits per heavy atom. The van der Waals surface area contributed by atoms with Crippen LogP contribution < -0.4 is 5.56 Å². The van der Waals surface area contributed by atoms with E-state index in [2.05, 4.69) is 15.3 Å². The molecule has 0 spiro atoms. The number of nitrogens with zero attached hydrogens (tertiary/aromatic N) is 5. The van der Waals surface area contributed by atoms with E-state index in [0.717, 1.165) is 11.3 Å². The van der Waals surface area contributed by atoms with Crippen molar-refractivity contribution in [1.82, 2.24) is 24.5 Å². The standard InChI is InChI=1S/C17H19N5O3/c1-4-13(17(24)25-5-2)21-10-18-15-14(16(21)23)19-20-22(15)12-8-6-11(3)7-9-12/h6-10,13H,4-5H2,1-3H3/t13-/m0/s1. The Morgan fingerprint density at radius 3 is 2.60 bits per heavy atom. The Hall–Kier alpha value is -3.03. The number of benzene rings is 1. The molecule has 3 rings (SSSR count). The number of carbonyl (C=O) groups excluding carboxylic acids is 1. The highest BCUT2D eigenvalue weighted by molar-refractivity contribution is 5.75. The summed E-state index contributed by atoms with van der Waals surface area (Å²) >= 11 is 0. The van der Waals surface area contributed by atoms with Gasteiger partial charge in [0.25, 0.3) is 5.56 Å². The van der Waals surface area contributed by atoms with Crippen molar-refractivity contribution < 1.29 is 9.53 Å². The number of hydrogen-bond acceptors (Lipinski definition) is 6. The summed E-state index contributed by atoms with van der Waals surface area (Å²) in [6, 6.07) is 6.92. The van der Waals surface area contributed by atoms with Gasteiger partial charge in [-0.3, -0.25) is 9.36 Å². The maximum absolute atomic E-state index is 12.7. The lowest BCUT2D eigenvalue weighted by Crippen LogP contribution is -2.31. The third kappa shape index (κ3) is 3.02. The highest BCUT2D eigenvalue weighted by Gasteiger charge is 2.23. The highest BCUT2D eigenvalue weighted by atomic mass is 16.5. The maximum Gasteiger partial charge on any atom is 0.329 e. The predicted molar refractivity (Wildman–Crippen MR) is 91.6 cm³/mol. The number of esters is 1. The quantitative estimate of drug-likeness (QED) is 0.657. The van der Waals surface area contributed by atoms with E-state index < -0.39 is 17.6 Å². The van der Waals surface area contributed by atoms with Gasteiger partial charge in [-0.25, -0.2) is 9.78 Å². The highest BCUT2D eigenvalue weighted by Crippen LogP contribution is 2.15. The first-order valence-electron chi connectivity index (χ1n) is 8.13. The Morgan fingerprint density at radius 1 is 1.24 bits per heavy atom. The summed E-state index contributed by atoms with van der Waals surface area (Å²) < 4.78 is 7.80. The number of fused-ring (bicyclic) bond motifs is 1. The average Bonchev–Trinajstić information content (AvgIpc) is 3.03. The molecule has 0 saturated carbocycles. The summed E-state index contributed by atoms with van der Waals surface area (Å²) in [6.07, 6.45) is 1.77. The fourth-order valence-electron chi connectivity index (χ4n) is 2.62. The van der Waals surface area contributed by atoms with Gasteiger partial charge < -0.3 is 4.74 Å². The Bertz CT molecular complexity index is 959. The number of carbonyl (C=O) groups is 1. The summed E-state index contributed by atoms with van der Waals surface area (Å²) in [7, 11) is 0. The topological polar surface area (TPSA) is 91.9 Å². The van der Waals surface area contributed by atoms with Crippen molar-refractivity contribution >= 4 is 17.1 Å². The van der Waals surface area contributed by atoms with Crippen LogP contribution in [-0.2, 0) is 9.53 Å². The Labute approximate surface area is 144 Å². The lowest BCUT2D eigenvalue weighted by molar-refractivity contribution is -0.147. The average molecular weight is 341 g/mol. The SMILES string of the molecule is CCOC(=O)[C@H](CC)n1cnc2c(nnn2-c2ccc(C)cc2)c1=O. The first-order chi connectivity index (χ1) is 12.1. The molecule has 0 radical (unpaired) electrons. The molecule has 0 fully saturated rings. The zero-order chi connectivity index (χ0) is 18.0. The van der Waals surface area contributed by atoms with Crippen molar-refractivity contribution in [2.75, 3.05) is 6.61 Å². The molecule has 3 aromatic rings. The fourth-order valence-corrected chi connectivity index (χ4v) is 2.62. The molecule has 0 N–H and O–H groups in total. The summed E-state index contributed by atoms with van der Waals surface area (Å²) in [4.78, 5) is 29.1. The largest absolute Gasteiger partial charge is 0.464 e. The number of aromatic nitrogens is 5. The molecule has 2 heterocycles. The summed E-state index contributed by atoms with van der Waals surface area (Å²) in [5.41, 5.74) is 1.93. The van der Waals surface area contributed by atoms with Gasteiger partial charge in [0.15, 0.2) is 11.2 Å². The monoisotopic (exact) mass is 341 g/mol. The number of rotatable bonds is 5. The zero-order valence-electron chi connectivity index (χ0n) is 14.3. The van der Waals surface area contributed by atoms with E-state index in [4.69, 9.17) is 4.74 Å². The van der Waals surface area contributed by atoms with E-state index in [-0.39, 0.29) is 12.1 Å². The van der Waals surface area contributed by atoms with E-state index in [1.54, 1.807) is 13.8 Å². The maximum atomic E-state index is 12.7. The van der Waals surface area contributed by atoms with Gasteiger partial charge in [-0.2, -0.15) is 4.68 Å². The van der Waals surface area contributed by atoms with Crippen LogP contribution in [0.2, 0.25) is 0 Å². The van der Waals surface area contributed by atoms with E-state index >= 15 is 0 Å². The van der Waals surface area contributed by atoms with Crippen LogP contribution in [0.4, 0.5) is 0 Å². The van der Waals surface area contributed by atoms with Crippen LogP contribution in [0.3, 0.4) is 0 Å². The number of aryl methyl sites for hydroxylation is 1. The van der Waals surface area contributed by atoms with Gasteiger partial charge in [-0.1, -0.05) is 29.8 Å². The van der Waals surface area contributed by atoms with E-state index in [0.29, 0.717) is 12.1 Å². The van der Waals surface area contributed by atoms with E-state index in [1.807, 2.05) is 31.2 Å². The summed E-state index contributed by atoms with van der Waals surface area (Å²) in [5.74, 6) is -0.459. The van der Waals surface area contributed by atoms with Gasteiger partial charge in [-0.05, 0) is 32.4 Å². The minimum absolute atomic E-state index is 0.117. The van der Waals surface area contributed by atoms with Gasteiger partial charge in [0.1, 0.15) is 12.4 Å². The third-order valence-corrected chi connectivity index (χ3v) is 3.95. The summed E-state index contributed by atoms with van der Waals surface area (Å²) in [5, 5.41) is 8.00. The minimum Gasteiger partial charge on any atom is -0.464 e. The van der Waals surface area contributed by atoms with Crippen molar-refractivity contribution in [3.8, 4) is 5.69 Å². The van der Waals surface area contributed by atoms with Crippen LogP contribution in [-0.4, -0.2) is 37.1 Å². The number of hydrogen-bond donors (Lipinski definition) is 0. The van der Waals surface area contributed by atoms with Crippen molar-refractivity contribution in [2.45, 2.75) is 33.2 Å². The molecule has 0 unspecified atom stereocenters. The molecule has 8 heteroatoms. The Balaban J connectivity index is 2.09. The normalized spacial score (nSPS) is 12.3. The lowest BCUT2D eigenvalue weighted by Gasteiger charge is -2.15. The van der Waals surface area contributed by atoms with Crippen LogP contribution >= 0.6 is 0 Å². The van der Waals surface area contributed by atoms with E-state index in [1.165, 1.54) is 15.6 Å². The van der Waals surface area contributed by atoms with Crippen LogP contribution in [0, 0.1) is 6.92 Å². The molecule has 2 aromatic heterocycles.